The molecule has 0 spiro atoms. The van der Waals surface area contributed by atoms with Gasteiger partial charge in [0, 0.05) is 11.1 Å². The Kier molecular flexibility index (Phi) is 8.55. The minimum absolute atomic E-state index is 0.0324. The molecular formula is C26H37N3O5Si. The lowest BCUT2D eigenvalue weighted by Crippen LogP contribution is -2.48. The Morgan fingerprint density at radius 1 is 1.14 bits per heavy atom. The van der Waals surface area contributed by atoms with E-state index in [-0.39, 0.29) is 40.1 Å². The van der Waals surface area contributed by atoms with Crippen molar-refractivity contribution in [3.05, 3.63) is 62.7 Å². The largest absolute Gasteiger partial charge is 0.548 e. The third kappa shape index (κ3) is 6.21. The van der Waals surface area contributed by atoms with Crippen LogP contribution in [0.3, 0.4) is 0 Å². The van der Waals surface area contributed by atoms with Gasteiger partial charge < -0.3 is 19.8 Å². The first kappa shape index (κ1) is 26.7. The van der Waals surface area contributed by atoms with Gasteiger partial charge in [0.15, 0.2) is 5.75 Å². The lowest BCUT2D eigenvalue weighted by Gasteiger charge is -2.33. The van der Waals surface area contributed by atoms with Crippen LogP contribution in [0.4, 0.5) is 16.2 Å². The first-order valence-corrected chi connectivity index (χ1v) is 12.9. The average molecular weight is 500 g/mol. The van der Waals surface area contributed by atoms with E-state index in [1.165, 1.54) is 0 Å². The number of nitro benzene ring substituents is 1. The molecule has 1 aliphatic rings. The van der Waals surface area contributed by atoms with E-state index in [1.54, 1.807) is 13.8 Å². The van der Waals surface area contributed by atoms with Gasteiger partial charge in [0.2, 0.25) is 10.5 Å². The molecule has 2 aromatic carbocycles. The predicted octanol–water partition coefficient (Wildman–Crippen LogP) is 4.82. The van der Waals surface area contributed by atoms with Crippen molar-refractivity contribution in [1.29, 1.82) is 0 Å². The smallest absolute Gasteiger partial charge is 0.319 e. The van der Waals surface area contributed by atoms with Gasteiger partial charge in [-0.15, -0.1) is 0 Å². The second-order valence-corrected chi connectivity index (χ2v) is 10.6. The molecule has 3 rings (SSSR count). The van der Waals surface area contributed by atoms with Gasteiger partial charge in [-0.2, -0.15) is 0 Å². The number of carbonyl (C=O) groups is 1. The number of amides is 2. The molecule has 2 N–H and O–H groups in total. The Morgan fingerprint density at radius 3 is 2.40 bits per heavy atom. The van der Waals surface area contributed by atoms with Crippen molar-refractivity contribution in [3.63, 3.8) is 0 Å². The van der Waals surface area contributed by atoms with E-state index in [2.05, 4.69) is 10.6 Å². The van der Waals surface area contributed by atoms with E-state index in [0.717, 1.165) is 31.2 Å². The summed E-state index contributed by atoms with van der Waals surface area (Å²) in [7, 11) is 0.290. The van der Waals surface area contributed by atoms with Crippen LogP contribution in [0, 0.1) is 24.0 Å². The molecule has 0 saturated heterocycles. The maximum Gasteiger partial charge on any atom is 0.319 e. The lowest BCUT2D eigenvalue weighted by molar-refractivity contribution is -0.386. The summed E-state index contributed by atoms with van der Waals surface area (Å²) in [6.45, 7) is 9.88. The summed E-state index contributed by atoms with van der Waals surface area (Å²) in [6.07, 6.45) is 3.75. The number of ether oxygens (including phenoxy) is 1. The third-order valence-electron chi connectivity index (χ3n) is 6.69. The number of nitrogens with one attached hydrogen (secondary N) is 2. The van der Waals surface area contributed by atoms with Gasteiger partial charge in [0.05, 0.1) is 29.4 Å². The van der Waals surface area contributed by atoms with Crippen molar-refractivity contribution >= 4 is 27.9 Å². The zero-order valence-corrected chi connectivity index (χ0v) is 23.6. The molecule has 0 heterocycles. The Balaban J connectivity index is 1.84. The molecule has 0 aliphatic heterocycles. The lowest BCUT2D eigenvalue weighted by atomic mass is 9.82. The van der Waals surface area contributed by atoms with Crippen molar-refractivity contribution < 1.29 is 18.9 Å². The van der Waals surface area contributed by atoms with Crippen molar-refractivity contribution in [2.45, 2.75) is 84.5 Å². The quantitative estimate of drug-likeness (QED) is 0.323. The van der Waals surface area contributed by atoms with Gasteiger partial charge in [-0.3, -0.25) is 10.1 Å². The third-order valence-corrected chi connectivity index (χ3v) is 7.09. The number of carbonyl (C=O) groups excluding carboxylic acids is 1. The molecule has 8 nitrogen and oxygen atoms in total. The summed E-state index contributed by atoms with van der Waals surface area (Å²) in [5.74, 6) is 0.245. The highest BCUT2D eigenvalue weighted by Crippen LogP contribution is 2.47. The highest BCUT2D eigenvalue weighted by Gasteiger charge is 2.35. The number of nitro groups is 1. The molecule has 2 aromatic rings. The van der Waals surface area contributed by atoms with Crippen LogP contribution in [0.1, 0.15) is 68.7 Å². The summed E-state index contributed by atoms with van der Waals surface area (Å²) in [5, 5.41) is 18.0. The van der Waals surface area contributed by atoms with E-state index in [4.69, 9.17) is 9.16 Å². The van der Waals surface area contributed by atoms with Crippen LogP contribution < -0.4 is 15.1 Å². The van der Waals surface area contributed by atoms with Crippen LogP contribution in [-0.4, -0.2) is 33.6 Å². The summed E-state index contributed by atoms with van der Waals surface area (Å²) in [6, 6.07) is 9.56. The van der Waals surface area contributed by atoms with E-state index in [9.17, 15) is 14.9 Å². The van der Waals surface area contributed by atoms with Crippen molar-refractivity contribution in [3.8, 4) is 5.75 Å². The highest BCUT2D eigenvalue weighted by molar-refractivity contribution is 6.01. The molecule has 2 atom stereocenters. The molecule has 0 bridgehead atoms. The number of hydrogen-bond donors (Lipinski definition) is 2. The van der Waals surface area contributed by atoms with Crippen LogP contribution in [0.25, 0.3) is 0 Å². The summed E-state index contributed by atoms with van der Waals surface area (Å²) in [4.78, 5) is 24.7. The van der Waals surface area contributed by atoms with Gasteiger partial charge in [-0.25, -0.2) is 4.79 Å². The van der Waals surface area contributed by atoms with Gasteiger partial charge in [0.1, 0.15) is 0 Å². The Hall–Kier alpha value is -2.91. The number of rotatable bonds is 7. The highest BCUT2D eigenvalue weighted by atomic mass is 28.2. The van der Waals surface area contributed by atoms with Crippen LogP contribution in [0.5, 0.6) is 5.75 Å². The average Bonchev–Trinajstić information content (AvgIpc) is 2.80. The summed E-state index contributed by atoms with van der Waals surface area (Å²) >= 11 is 0. The molecule has 1 saturated carbocycles. The fraction of sp³-hybridized carbons (Fsp3) is 0.500. The zero-order valence-electron chi connectivity index (χ0n) is 21.6. The van der Waals surface area contributed by atoms with Crippen LogP contribution >= 0.6 is 0 Å². The van der Waals surface area contributed by atoms with Crippen LogP contribution in [-0.2, 0) is 16.8 Å². The van der Waals surface area contributed by atoms with Gasteiger partial charge >= 0.3 is 11.7 Å². The topological polar surface area (TPSA) is 103 Å². The molecular weight excluding hydrogens is 462 g/mol. The minimum Gasteiger partial charge on any atom is -0.548 e. The minimum atomic E-state index is -0.488. The summed E-state index contributed by atoms with van der Waals surface area (Å²) in [5.41, 5.74) is 2.95. The van der Waals surface area contributed by atoms with Crippen molar-refractivity contribution in [2.75, 3.05) is 5.32 Å². The number of anilines is 1. The molecule has 0 unspecified atom stereocenters. The first-order chi connectivity index (χ1) is 16.5. The van der Waals surface area contributed by atoms with Gasteiger partial charge in [-0.1, -0.05) is 63.9 Å². The second kappa shape index (κ2) is 11.2. The predicted molar refractivity (Wildman–Crippen MR) is 141 cm³/mol. The van der Waals surface area contributed by atoms with Crippen LogP contribution in [0.15, 0.2) is 30.3 Å². The number of benzene rings is 2. The number of nitrogens with zero attached hydrogens (tertiary/aromatic N) is 1. The number of hydrogen-bond acceptors (Lipinski definition) is 5. The van der Waals surface area contributed by atoms with Crippen molar-refractivity contribution in [1.82, 2.24) is 5.32 Å². The van der Waals surface area contributed by atoms with Gasteiger partial charge in [0.25, 0.3) is 0 Å². The molecule has 35 heavy (non-hydrogen) atoms. The Bertz CT molecular complexity index is 1070. The molecule has 9 heteroatoms. The van der Waals surface area contributed by atoms with Gasteiger partial charge in [-0.05, 0) is 43.2 Å². The molecule has 0 radical (unpaired) electrons. The van der Waals surface area contributed by atoms with E-state index in [0.29, 0.717) is 29.0 Å². The molecule has 0 aromatic heterocycles. The van der Waals surface area contributed by atoms with E-state index in [1.807, 2.05) is 51.1 Å². The maximum absolute atomic E-state index is 13.2. The standard InChI is InChI=1S/C26H37N3O5Si/c1-16-17(2)23(29(31)32)24(34-35)21(26(3,4)5)22(16)28-25(30)27-19-13-9-10-14-20(19)33-15-18-11-7-6-8-12-18/h6-8,11-12,19-20H,9-10,13-15H2,1-5,35H3,(H2,27,28,30)/t19-,20-/m1/s1. The first-order valence-electron chi connectivity index (χ1n) is 12.1. The van der Waals surface area contributed by atoms with E-state index >= 15 is 0 Å². The Morgan fingerprint density at radius 2 is 1.80 bits per heavy atom. The van der Waals surface area contributed by atoms with E-state index < -0.39 is 10.3 Å². The monoisotopic (exact) mass is 499 g/mol. The molecule has 190 valence electrons. The molecule has 2 amide bonds. The van der Waals surface area contributed by atoms with Crippen molar-refractivity contribution in [2.24, 2.45) is 0 Å². The fourth-order valence-corrected chi connectivity index (χ4v) is 5.20. The summed E-state index contributed by atoms with van der Waals surface area (Å²) < 4.78 is 11.9. The number of urea groups is 1. The molecule has 1 fully saturated rings. The van der Waals surface area contributed by atoms with Crippen LogP contribution in [0.2, 0.25) is 0 Å². The normalized spacial score (nSPS) is 18.2. The SMILES string of the molecule is Cc1c(C)c([N+](=O)[O-])c(O[SiH3])c(C(C)(C)C)c1NC(=O)N[C@@H]1CCCC[C@H]1OCc1ccccc1. The zero-order chi connectivity index (χ0) is 25.8. The maximum atomic E-state index is 13.2. The fourth-order valence-electron chi connectivity index (χ4n) is 4.80. The molecule has 1 aliphatic carbocycles. The Labute approximate surface area is 210 Å². The second-order valence-electron chi connectivity index (χ2n) is 10.2.